The molecule has 0 radical (unpaired) electrons. The summed E-state index contributed by atoms with van der Waals surface area (Å²) in [4.78, 5) is 23.8. The first-order chi connectivity index (χ1) is 45.8. The van der Waals surface area contributed by atoms with E-state index in [1.165, 1.54) is 0 Å². The molecule has 0 amide bonds. The van der Waals surface area contributed by atoms with Crippen LogP contribution in [0.25, 0.3) is 0 Å². The first kappa shape index (κ1) is 78.5. The van der Waals surface area contributed by atoms with E-state index in [2.05, 4.69) is 0 Å². The summed E-state index contributed by atoms with van der Waals surface area (Å²) in [5.74, 6) is -4.76. The van der Waals surface area contributed by atoms with E-state index in [9.17, 15) is 132 Å². The number of carboxylic acid groups (broad SMARTS) is 1. The lowest BCUT2D eigenvalue weighted by Gasteiger charge is -2.50. The molecule has 9 heterocycles. The number of fused-ring (bicyclic) bond motifs is 1. The van der Waals surface area contributed by atoms with Crippen LogP contribution in [-0.2, 0) is 94.9 Å². The molecule has 0 aromatic carbocycles. The third-order valence-corrected chi connectivity index (χ3v) is 18.0. The fourth-order valence-electron chi connectivity index (χ4n) is 12.2. The highest BCUT2D eigenvalue weighted by Crippen LogP contribution is 2.39. The van der Waals surface area contributed by atoms with Crippen molar-refractivity contribution in [2.24, 2.45) is 0 Å². The molecule has 9 fully saturated rings. The first-order valence-electron chi connectivity index (χ1n) is 30.6. The summed E-state index contributed by atoms with van der Waals surface area (Å²) in [5.41, 5.74) is 0. The zero-order chi connectivity index (χ0) is 71.1. The van der Waals surface area contributed by atoms with Gasteiger partial charge in [-0.15, -0.1) is 0 Å². The van der Waals surface area contributed by atoms with E-state index in [1.54, 1.807) is 0 Å². The molecule has 0 spiro atoms. The minimum Gasteiger partial charge on any atom is -0.477 e. The van der Waals surface area contributed by atoms with Crippen LogP contribution in [0.1, 0.15) is 13.8 Å². The second-order valence-corrected chi connectivity index (χ2v) is 24.5. The predicted molar refractivity (Wildman–Crippen MR) is 288 cm³/mol. The number of aliphatic hydroxyl groups is 23. The summed E-state index contributed by atoms with van der Waals surface area (Å²) in [6.07, 6.45) is -78.7. The average molecular weight is 1430 g/mol. The molecule has 44 nitrogen and oxygen atoms in total. The Balaban J connectivity index is 0.812. The van der Waals surface area contributed by atoms with E-state index in [1.807, 2.05) is 0 Å². The maximum atomic E-state index is 12.1. The fraction of sp³-hybridized carbons (Fsp3) is 0.962. The lowest BCUT2D eigenvalue weighted by atomic mass is 9.95. The van der Waals surface area contributed by atoms with Gasteiger partial charge in [0, 0.05) is 13.8 Å². The van der Waals surface area contributed by atoms with Crippen LogP contribution in [0.15, 0.2) is 0 Å². The van der Waals surface area contributed by atoms with Crippen LogP contribution in [0.2, 0.25) is 0 Å². The molecule has 0 saturated carbocycles. The number of carboxylic acids is 1. The van der Waals surface area contributed by atoms with E-state index in [0.29, 0.717) is 0 Å². The quantitative estimate of drug-likeness (QED) is 0.0422. The molecule has 9 aliphatic rings. The maximum Gasteiger partial charge on any atom is 0.364 e. The van der Waals surface area contributed by atoms with Gasteiger partial charge < -0.3 is 208 Å². The highest BCUT2D eigenvalue weighted by molar-refractivity contribution is 5.75. The molecule has 0 aliphatic carbocycles. The van der Waals surface area contributed by atoms with Gasteiger partial charge in [0.1, 0.15) is 202 Å². The second-order valence-electron chi connectivity index (χ2n) is 24.5. The lowest BCUT2D eigenvalue weighted by molar-refractivity contribution is -0.402. The fourth-order valence-corrected chi connectivity index (χ4v) is 12.2. The highest BCUT2D eigenvalue weighted by atomic mass is 16.8. The molecule has 97 heavy (non-hydrogen) atoms. The van der Waals surface area contributed by atoms with Gasteiger partial charge in [-0.25, -0.2) is 4.79 Å². The Bertz CT molecular complexity index is 2500. The number of rotatable bonds is 23. The molecule has 1 unspecified atom stereocenters. The van der Waals surface area contributed by atoms with Crippen molar-refractivity contribution in [3.05, 3.63) is 0 Å². The summed E-state index contributed by atoms with van der Waals surface area (Å²) in [6, 6.07) is 0. The van der Waals surface area contributed by atoms with E-state index in [0.717, 1.165) is 13.8 Å². The third kappa shape index (κ3) is 16.5. The summed E-state index contributed by atoms with van der Waals surface area (Å²) in [5, 5.41) is 260. The smallest absolute Gasteiger partial charge is 0.364 e. The number of esters is 1. The molecular formula is C53H86O44. The molecule has 9 saturated heterocycles. The average Bonchev–Trinajstić information content (AvgIpc) is 0.780. The molecule has 24 N–H and O–H groups in total. The minimum atomic E-state index is -2.28. The Morgan fingerprint density at radius 2 is 0.711 bits per heavy atom. The first-order valence-corrected chi connectivity index (χ1v) is 30.6. The van der Waals surface area contributed by atoms with Crippen LogP contribution >= 0.6 is 0 Å². The number of aliphatic carboxylic acids is 1. The number of ether oxygens (including phenoxy) is 18. The number of aliphatic hydroxyl groups excluding tert-OH is 23. The molecule has 0 bridgehead atoms. The zero-order valence-electron chi connectivity index (χ0n) is 51.1. The van der Waals surface area contributed by atoms with Crippen molar-refractivity contribution in [3.8, 4) is 0 Å². The maximum absolute atomic E-state index is 12.1. The summed E-state index contributed by atoms with van der Waals surface area (Å²) >= 11 is 0. The van der Waals surface area contributed by atoms with Gasteiger partial charge in [-0.2, -0.15) is 0 Å². The van der Waals surface area contributed by atoms with E-state index in [-0.39, 0.29) is 0 Å². The molecule has 562 valence electrons. The van der Waals surface area contributed by atoms with Gasteiger partial charge in [-0.05, 0) is 0 Å². The van der Waals surface area contributed by atoms with Crippen LogP contribution in [0.5, 0.6) is 0 Å². The molecule has 0 aromatic rings. The molecule has 0 aromatic heterocycles. The van der Waals surface area contributed by atoms with Gasteiger partial charge in [-0.1, -0.05) is 0 Å². The van der Waals surface area contributed by atoms with Crippen LogP contribution in [0.3, 0.4) is 0 Å². The summed E-state index contributed by atoms with van der Waals surface area (Å²) in [7, 11) is 0. The monoisotopic (exact) mass is 1430 g/mol. The number of hydrogen-bond acceptors (Lipinski definition) is 43. The van der Waals surface area contributed by atoms with E-state index in [4.69, 9.17) is 85.3 Å². The zero-order valence-corrected chi connectivity index (χ0v) is 51.1. The topological polar surface area (TPSA) is 686 Å². The molecule has 41 atom stereocenters. The molecular weight excluding hydrogens is 1340 g/mol. The van der Waals surface area contributed by atoms with Crippen LogP contribution < -0.4 is 0 Å². The van der Waals surface area contributed by atoms with Crippen molar-refractivity contribution in [3.63, 3.8) is 0 Å². The van der Waals surface area contributed by atoms with Gasteiger partial charge in [0.05, 0.1) is 46.2 Å². The Labute approximate surface area is 546 Å². The summed E-state index contributed by atoms with van der Waals surface area (Å²) < 4.78 is 100. The van der Waals surface area contributed by atoms with Crippen molar-refractivity contribution in [1.82, 2.24) is 0 Å². The van der Waals surface area contributed by atoms with Gasteiger partial charge in [0.25, 0.3) is 5.79 Å². The normalized spacial score (nSPS) is 52.3. The van der Waals surface area contributed by atoms with Crippen molar-refractivity contribution in [1.29, 1.82) is 0 Å². The predicted octanol–water partition coefficient (Wildman–Crippen LogP) is -17.0. The van der Waals surface area contributed by atoms with E-state index >= 15 is 0 Å². The Hall–Kier alpha value is -2.66. The summed E-state index contributed by atoms with van der Waals surface area (Å²) in [6.45, 7) is -5.22. The Morgan fingerprint density at radius 1 is 0.361 bits per heavy atom. The Kier molecular flexibility index (Phi) is 26.7. The van der Waals surface area contributed by atoms with Gasteiger partial charge in [0.15, 0.2) is 50.3 Å². The molecule has 9 rings (SSSR count). The van der Waals surface area contributed by atoms with Crippen LogP contribution in [0.4, 0.5) is 0 Å². The SMILES string of the molecule is CC(=O)OC[C@H]1O[C@@H](O[C@H]2[C@H](O)[C@@H](O)[C@H](O[C@@H]3[C@@H](O)[C@H](O)O[C@H](CO)[C@H]3O)O[C@@H]2CO)[C@H](O)[C@@H](O)[C@H]1O[C@@H]1O[C@H](CO[C@@H]2O[C@H](CO[C@@H]3O[C@H](CO)[C@@H](O)[C@H](O[C@@H]4O[C@H](CO)[C@@H](O)[C@H](O[C@@H]5O[C@@H]6COC(C)(C(=O)O)O[C@H]6[C@H](O)[C@H]5O)[C@H]4O)[C@H]3O)[C@@H](O)[C@H](O)[C@H]2O)[C@@H](O)[C@H](O)[C@H]1O. The van der Waals surface area contributed by atoms with E-state index < -0.39 is 316 Å². The van der Waals surface area contributed by atoms with Crippen molar-refractivity contribution in [2.75, 3.05) is 52.9 Å². The number of carbonyl (C=O) groups excluding carboxylic acids is 1. The van der Waals surface area contributed by atoms with Crippen molar-refractivity contribution in [2.45, 2.75) is 265 Å². The van der Waals surface area contributed by atoms with Crippen molar-refractivity contribution < 1.29 is 217 Å². The van der Waals surface area contributed by atoms with Crippen LogP contribution in [-0.4, -0.2) is 439 Å². The lowest BCUT2D eigenvalue weighted by Crippen LogP contribution is -2.69. The Morgan fingerprint density at radius 3 is 1.20 bits per heavy atom. The van der Waals surface area contributed by atoms with Gasteiger partial charge >= 0.3 is 11.9 Å². The second kappa shape index (κ2) is 33.0. The van der Waals surface area contributed by atoms with Gasteiger partial charge in [0.2, 0.25) is 0 Å². The minimum absolute atomic E-state index is 0.522. The molecule has 9 aliphatic heterocycles. The largest absolute Gasteiger partial charge is 0.477 e. The van der Waals surface area contributed by atoms with Crippen molar-refractivity contribution >= 4 is 11.9 Å². The standard InChI is InChI=1S/C53H86O44/c1-11(58)80-9-18-39(28(67)33(72)49(90-18)92-38-15(6-57)87-48(32(71)27(38)66)94-41-22(61)12(3-54)84-44(77)35(41)74)93-47-31(70)26(65)21(60)17(89-47)8-81-45-30(69)25(64)20(59)16(88-45)7-82-46-36(75)42(23(62)13(4-55)85-46)96-51-37(76)43(24(63)14(5-56)86-51)95-50-34(73)29(68)40-19(91-50)10-83-53(2,97-40)52(78)79/h12-51,54-57,59-77H,3-10H2,1-2H3,(H,78,79)/t12-,13-,14-,15-,16-,17-,18-,19-,20-,21-,22-,23-,24-,25+,26+,27-,28-,29-,30-,31-,32-,33-,34-,35-,36-,37-,38-,39+,40-,41+,42+,43+,44-,45-,46-,47+,48+,49+,50+,51+,53?/m1/s1. The third-order valence-electron chi connectivity index (χ3n) is 18.0. The number of carbonyl (C=O) groups is 2. The van der Waals surface area contributed by atoms with Crippen LogP contribution in [0, 0.1) is 0 Å². The van der Waals surface area contributed by atoms with Gasteiger partial charge in [-0.3, -0.25) is 4.79 Å². The number of hydrogen-bond donors (Lipinski definition) is 24. The highest BCUT2D eigenvalue weighted by Gasteiger charge is 2.60. The molecule has 44 heteroatoms.